The number of rotatable bonds is 4. The molecular weight excluding hydrogens is 235 g/mol. The Morgan fingerprint density at radius 3 is 2.73 bits per heavy atom. The lowest BCUT2D eigenvalue weighted by Gasteiger charge is -2.41. The van der Waals surface area contributed by atoms with Gasteiger partial charge in [0.25, 0.3) is 0 Å². The summed E-state index contributed by atoms with van der Waals surface area (Å²) in [7, 11) is 0. The third kappa shape index (κ3) is 3.45. The van der Waals surface area contributed by atoms with Gasteiger partial charge in [0, 0.05) is 16.7 Å². The maximum atomic E-state index is 11.5. The fourth-order valence-electron chi connectivity index (χ4n) is 2.01. The molecule has 0 aromatic heterocycles. The molecule has 0 aromatic carbocycles. The molecule has 0 radical (unpaired) electrons. The zero-order valence-electron chi connectivity index (χ0n) is 9.66. The van der Waals surface area contributed by atoms with Crippen LogP contribution < -0.4 is 0 Å². The largest absolute Gasteiger partial charge is 0.424 e. The Bertz CT molecular complexity index is 259. The lowest BCUT2D eigenvalue weighted by Crippen LogP contribution is -2.40. The van der Waals surface area contributed by atoms with Gasteiger partial charge in [-0.25, -0.2) is 4.57 Å². The highest BCUT2D eigenvalue weighted by atomic mass is 35.7. The van der Waals surface area contributed by atoms with E-state index in [0.29, 0.717) is 6.61 Å². The molecule has 5 heteroatoms. The summed E-state index contributed by atoms with van der Waals surface area (Å²) in [5.74, 6) is 0. The van der Waals surface area contributed by atoms with E-state index >= 15 is 0 Å². The van der Waals surface area contributed by atoms with Gasteiger partial charge < -0.3 is 0 Å². The highest BCUT2D eigenvalue weighted by Crippen LogP contribution is 2.61. The van der Waals surface area contributed by atoms with Crippen molar-refractivity contribution < 1.29 is 13.6 Å². The molecule has 0 amide bonds. The van der Waals surface area contributed by atoms with Crippen LogP contribution >= 0.6 is 18.2 Å². The topological polar surface area (TPSA) is 35.5 Å². The van der Waals surface area contributed by atoms with Crippen LogP contribution in [0.1, 0.15) is 46.5 Å². The minimum atomic E-state index is -3.30. The number of unbranched alkanes of at least 4 members (excludes halogenated alkanes) is 1. The summed E-state index contributed by atoms with van der Waals surface area (Å²) >= 11 is 5.62. The van der Waals surface area contributed by atoms with Crippen LogP contribution in [0.4, 0.5) is 0 Å². The highest BCUT2D eigenvalue weighted by Gasteiger charge is 2.44. The predicted octanol–water partition coefficient (Wildman–Crippen LogP) is 4.36. The van der Waals surface area contributed by atoms with Crippen molar-refractivity contribution in [2.45, 2.75) is 52.6 Å². The van der Waals surface area contributed by atoms with Crippen LogP contribution in [-0.2, 0) is 13.6 Å². The lowest BCUT2D eigenvalue weighted by atomic mass is 9.79. The predicted molar refractivity (Wildman–Crippen MR) is 62.2 cm³/mol. The van der Waals surface area contributed by atoms with Crippen molar-refractivity contribution in [1.82, 2.24) is 0 Å². The molecule has 1 heterocycles. The molecule has 1 saturated heterocycles. The molecule has 1 aliphatic rings. The molecule has 90 valence electrons. The van der Waals surface area contributed by atoms with Gasteiger partial charge in [0.05, 0.1) is 12.7 Å². The molecule has 1 rings (SSSR count). The summed E-state index contributed by atoms with van der Waals surface area (Å²) in [6.45, 7) is 3.43. The molecular formula is C10H20ClO3P. The summed E-state index contributed by atoms with van der Waals surface area (Å²) in [6, 6.07) is 0. The highest BCUT2D eigenvalue weighted by molar-refractivity contribution is 7.81. The van der Waals surface area contributed by atoms with Gasteiger partial charge in [0.15, 0.2) is 0 Å². The Morgan fingerprint density at radius 1 is 1.53 bits per heavy atom. The second-order valence-corrected chi connectivity index (χ2v) is 7.04. The van der Waals surface area contributed by atoms with E-state index in [1.54, 1.807) is 0 Å². The number of hydrogen-bond acceptors (Lipinski definition) is 3. The second kappa shape index (κ2) is 5.18. The Morgan fingerprint density at radius 2 is 2.20 bits per heavy atom. The molecule has 3 unspecified atom stereocenters. The van der Waals surface area contributed by atoms with E-state index in [1.165, 1.54) is 0 Å². The van der Waals surface area contributed by atoms with E-state index in [1.807, 2.05) is 6.92 Å². The second-order valence-electron chi connectivity index (χ2n) is 4.46. The molecule has 1 fully saturated rings. The quantitative estimate of drug-likeness (QED) is 0.700. The van der Waals surface area contributed by atoms with Gasteiger partial charge >= 0.3 is 6.95 Å². The smallest absolute Gasteiger partial charge is 0.296 e. The first-order chi connectivity index (χ1) is 6.93. The SMILES string of the molecule is CCCCC1(C)COP(=O)(Cl)OC1CC. The summed E-state index contributed by atoms with van der Waals surface area (Å²) in [5, 5.41) is 0. The molecule has 15 heavy (non-hydrogen) atoms. The van der Waals surface area contributed by atoms with Crippen molar-refractivity contribution in [2.75, 3.05) is 6.61 Å². The Kier molecular flexibility index (Phi) is 4.66. The van der Waals surface area contributed by atoms with Crippen LogP contribution in [0.5, 0.6) is 0 Å². The van der Waals surface area contributed by atoms with E-state index in [-0.39, 0.29) is 11.5 Å². The molecule has 0 bridgehead atoms. The van der Waals surface area contributed by atoms with E-state index < -0.39 is 6.95 Å². The lowest BCUT2D eigenvalue weighted by molar-refractivity contribution is -0.0374. The van der Waals surface area contributed by atoms with Crippen molar-refractivity contribution >= 4 is 18.2 Å². The van der Waals surface area contributed by atoms with Gasteiger partial charge in [-0.3, -0.25) is 9.05 Å². The van der Waals surface area contributed by atoms with Crippen LogP contribution in [0.15, 0.2) is 0 Å². The normalized spacial score (nSPS) is 41.7. The fourth-order valence-corrected chi connectivity index (χ4v) is 3.66. The first kappa shape index (κ1) is 13.5. The average Bonchev–Trinajstić information content (AvgIpc) is 2.19. The van der Waals surface area contributed by atoms with Crippen molar-refractivity contribution in [3.05, 3.63) is 0 Å². The zero-order chi connectivity index (χ0) is 11.5. The molecule has 0 spiro atoms. The van der Waals surface area contributed by atoms with Crippen LogP contribution in [-0.4, -0.2) is 12.7 Å². The Labute approximate surface area is 96.8 Å². The van der Waals surface area contributed by atoms with Gasteiger partial charge in [-0.1, -0.05) is 33.6 Å². The van der Waals surface area contributed by atoms with Gasteiger partial charge in [-0.05, 0) is 12.8 Å². The van der Waals surface area contributed by atoms with Crippen LogP contribution in [0.2, 0.25) is 0 Å². The van der Waals surface area contributed by atoms with Crippen LogP contribution in [0.3, 0.4) is 0 Å². The van der Waals surface area contributed by atoms with Gasteiger partial charge in [-0.15, -0.1) is 0 Å². The average molecular weight is 255 g/mol. The molecule has 0 aromatic rings. The Balaban J connectivity index is 2.68. The van der Waals surface area contributed by atoms with Crippen LogP contribution in [0.25, 0.3) is 0 Å². The van der Waals surface area contributed by atoms with Crippen molar-refractivity contribution in [3.63, 3.8) is 0 Å². The zero-order valence-corrected chi connectivity index (χ0v) is 11.3. The minimum absolute atomic E-state index is 0.0481. The first-order valence-electron chi connectivity index (χ1n) is 5.56. The van der Waals surface area contributed by atoms with Crippen LogP contribution in [0, 0.1) is 5.41 Å². The summed E-state index contributed by atoms with van der Waals surface area (Å²) < 4.78 is 21.9. The van der Waals surface area contributed by atoms with Crippen molar-refractivity contribution in [3.8, 4) is 0 Å². The third-order valence-corrected chi connectivity index (χ3v) is 4.53. The molecule has 3 nitrogen and oxygen atoms in total. The number of hydrogen-bond donors (Lipinski definition) is 0. The summed E-state index contributed by atoms with van der Waals surface area (Å²) in [5.41, 5.74) is -0.0481. The van der Waals surface area contributed by atoms with Gasteiger partial charge in [0.2, 0.25) is 0 Å². The van der Waals surface area contributed by atoms with Gasteiger partial charge in [-0.2, -0.15) is 0 Å². The Hall–Kier alpha value is 0.440. The fraction of sp³-hybridized carbons (Fsp3) is 1.00. The summed E-state index contributed by atoms with van der Waals surface area (Å²) in [4.78, 5) is 0. The van der Waals surface area contributed by atoms with Crippen molar-refractivity contribution in [2.24, 2.45) is 5.41 Å². The van der Waals surface area contributed by atoms with Crippen molar-refractivity contribution in [1.29, 1.82) is 0 Å². The molecule has 1 aliphatic heterocycles. The molecule has 0 saturated carbocycles. The van der Waals surface area contributed by atoms with E-state index in [2.05, 4.69) is 13.8 Å². The summed E-state index contributed by atoms with van der Waals surface area (Å²) in [6.07, 6.45) is 4.07. The first-order valence-corrected chi connectivity index (χ1v) is 8.01. The maximum Gasteiger partial charge on any atom is 0.424 e. The van der Waals surface area contributed by atoms with E-state index in [9.17, 15) is 4.57 Å². The minimum Gasteiger partial charge on any atom is -0.296 e. The molecule has 0 N–H and O–H groups in total. The molecule has 0 aliphatic carbocycles. The maximum absolute atomic E-state index is 11.5. The molecule has 3 atom stereocenters. The van der Waals surface area contributed by atoms with E-state index in [0.717, 1.165) is 25.7 Å². The number of halogens is 1. The van der Waals surface area contributed by atoms with Gasteiger partial charge in [0.1, 0.15) is 0 Å². The monoisotopic (exact) mass is 254 g/mol. The standard InChI is InChI=1S/C10H20ClO3P/c1-4-6-7-10(3)8-13-15(11,12)14-9(10)5-2/h9H,4-8H2,1-3H3. The van der Waals surface area contributed by atoms with E-state index in [4.69, 9.17) is 20.3 Å². The third-order valence-electron chi connectivity index (χ3n) is 3.05.